The lowest BCUT2D eigenvalue weighted by Crippen LogP contribution is -2.39. The summed E-state index contributed by atoms with van der Waals surface area (Å²) in [6, 6.07) is 10.8. The highest BCUT2D eigenvalue weighted by Gasteiger charge is 2.30. The predicted molar refractivity (Wildman–Crippen MR) is 104 cm³/mol. The molecule has 1 aromatic carbocycles. The van der Waals surface area contributed by atoms with E-state index in [0.29, 0.717) is 12.2 Å². The molecule has 0 spiro atoms. The molecule has 2 aromatic rings. The number of nitrogens with zero attached hydrogens (tertiary/aromatic N) is 4. The van der Waals surface area contributed by atoms with Crippen LogP contribution in [0.1, 0.15) is 59.5 Å². The third-order valence-electron chi connectivity index (χ3n) is 5.05. The molecule has 2 heterocycles. The molecule has 26 heavy (non-hydrogen) atoms. The van der Waals surface area contributed by atoms with Gasteiger partial charge in [-0.05, 0) is 64.4 Å². The number of amides is 1. The quantitative estimate of drug-likeness (QED) is 0.823. The standard InChI is InChI=1S/C21H30N4O/c1-5-25-20(14-16(2)22-25)21(26)24-13-7-6-8-19(24)18-11-9-17(10-12-18)15-23(3)4/h9-12,14,19H,5-8,13,15H2,1-4H3/t19-/m0/s1. The van der Waals surface area contributed by atoms with Crippen LogP contribution in [0, 0.1) is 6.92 Å². The van der Waals surface area contributed by atoms with Crippen molar-refractivity contribution in [3.8, 4) is 0 Å². The zero-order valence-corrected chi connectivity index (χ0v) is 16.4. The van der Waals surface area contributed by atoms with Gasteiger partial charge >= 0.3 is 0 Å². The molecule has 0 bridgehead atoms. The molecule has 0 N–H and O–H groups in total. The molecule has 0 aliphatic carbocycles. The lowest BCUT2D eigenvalue weighted by molar-refractivity contribution is 0.0598. The molecule has 0 unspecified atom stereocenters. The number of hydrogen-bond acceptors (Lipinski definition) is 3. The molecule has 0 radical (unpaired) electrons. The number of rotatable bonds is 5. The summed E-state index contributed by atoms with van der Waals surface area (Å²) >= 11 is 0. The molecule has 1 aliphatic rings. The SMILES string of the molecule is CCn1nc(C)cc1C(=O)N1CCCC[C@H]1c1ccc(CN(C)C)cc1. The Hall–Kier alpha value is -2.14. The molecule has 140 valence electrons. The number of benzene rings is 1. The minimum Gasteiger partial charge on any atom is -0.330 e. The number of hydrogen-bond donors (Lipinski definition) is 0. The largest absolute Gasteiger partial charge is 0.330 e. The van der Waals surface area contributed by atoms with Gasteiger partial charge in [0.05, 0.1) is 11.7 Å². The maximum atomic E-state index is 13.2. The van der Waals surface area contributed by atoms with Gasteiger partial charge in [-0.25, -0.2) is 0 Å². The Morgan fingerprint density at radius 3 is 2.62 bits per heavy atom. The van der Waals surface area contributed by atoms with Crippen molar-refractivity contribution in [3.05, 3.63) is 52.8 Å². The Morgan fingerprint density at radius 1 is 1.23 bits per heavy atom. The molecule has 1 amide bonds. The average molecular weight is 354 g/mol. The second kappa shape index (κ2) is 8.04. The third-order valence-corrected chi connectivity index (χ3v) is 5.05. The van der Waals surface area contributed by atoms with E-state index in [1.807, 2.05) is 29.5 Å². The Morgan fingerprint density at radius 2 is 1.96 bits per heavy atom. The van der Waals surface area contributed by atoms with Gasteiger partial charge in [0, 0.05) is 19.6 Å². The van der Waals surface area contributed by atoms with E-state index in [0.717, 1.165) is 31.6 Å². The number of aryl methyl sites for hydroxylation is 2. The van der Waals surface area contributed by atoms with Crippen molar-refractivity contribution in [1.82, 2.24) is 19.6 Å². The summed E-state index contributed by atoms with van der Waals surface area (Å²) in [6.45, 7) is 6.44. The molecule has 5 heteroatoms. The van der Waals surface area contributed by atoms with E-state index >= 15 is 0 Å². The monoisotopic (exact) mass is 354 g/mol. The zero-order valence-electron chi connectivity index (χ0n) is 16.4. The van der Waals surface area contributed by atoms with Crippen molar-refractivity contribution >= 4 is 5.91 Å². The minimum atomic E-state index is 0.106. The van der Waals surface area contributed by atoms with Crippen LogP contribution in [-0.2, 0) is 13.1 Å². The highest BCUT2D eigenvalue weighted by Crippen LogP contribution is 2.32. The number of carbonyl (C=O) groups is 1. The number of piperidine rings is 1. The van der Waals surface area contributed by atoms with Gasteiger partial charge in [-0.15, -0.1) is 0 Å². The summed E-state index contributed by atoms with van der Waals surface area (Å²) in [5.41, 5.74) is 4.14. The van der Waals surface area contributed by atoms with E-state index in [1.165, 1.54) is 17.5 Å². The summed E-state index contributed by atoms with van der Waals surface area (Å²) in [7, 11) is 4.16. The molecular formula is C21H30N4O. The predicted octanol–water partition coefficient (Wildman–Crippen LogP) is 3.64. The van der Waals surface area contributed by atoms with Crippen LogP contribution in [0.4, 0.5) is 0 Å². The third kappa shape index (κ3) is 3.98. The minimum absolute atomic E-state index is 0.106. The van der Waals surface area contributed by atoms with Crippen LogP contribution in [-0.4, -0.2) is 46.1 Å². The maximum Gasteiger partial charge on any atom is 0.272 e. The molecule has 0 saturated carbocycles. The number of carbonyl (C=O) groups excluding carboxylic acids is 1. The van der Waals surface area contributed by atoms with E-state index in [9.17, 15) is 4.79 Å². The van der Waals surface area contributed by atoms with Crippen molar-refractivity contribution in [3.63, 3.8) is 0 Å². The molecule has 1 aliphatic heterocycles. The van der Waals surface area contributed by atoms with Gasteiger partial charge in [0.25, 0.3) is 5.91 Å². The summed E-state index contributed by atoms with van der Waals surface area (Å²) in [5, 5.41) is 4.45. The smallest absolute Gasteiger partial charge is 0.272 e. The first-order chi connectivity index (χ1) is 12.5. The van der Waals surface area contributed by atoms with Gasteiger partial charge in [-0.1, -0.05) is 24.3 Å². The molecular weight excluding hydrogens is 324 g/mol. The number of aromatic nitrogens is 2. The van der Waals surface area contributed by atoms with E-state index < -0.39 is 0 Å². The average Bonchev–Trinajstić information content (AvgIpc) is 3.02. The second-order valence-corrected chi connectivity index (χ2v) is 7.48. The van der Waals surface area contributed by atoms with Crippen LogP contribution in [0.2, 0.25) is 0 Å². The summed E-state index contributed by atoms with van der Waals surface area (Å²) in [5.74, 6) is 0.106. The molecule has 1 fully saturated rings. The van der Waals surface area contributed by atoms with Gasteiger partial charge in [-0.2, -0.15) is 5.10 Å². The van der Waals surface area contributed by atoms with Crippen molar-refractivity contribution in [1.29, 1.82) is 0 Å². The molecule has 5 nitrogen and oxygen atoms in total. The van der Waals surface area contributed by atoms with E-state index in [1.54, 1.807) is 0 Å². The highest BCUT2D eigenvalue weighted by atomic mass is 16.2. The van der Waals surface area contributed by atoms with Crippen molar-refractivity contribution < 1.29 is 4.79 Å². The highest BCUT2D eigenvalue weighted by molar-refractivity contribution is 5.93. The molecule has 1 aromatic heterocycles. The fourth-order valence-corrected chi connectivity index (χ4v) is 3.84. The fourth-order valence-electron chi connectivity index (χ4n) is 3.84. The van der Waals surface area contributed by atoms with E-state index in [4.69, 9.17) is 0 Å². The summed E-state index contributed by atoms with van der Waals surface area (Å²) < 4.78 is 1.82. The van der Waals surface area contributed by atoms with Crippen LogP contribution in [0.25, 0.3) is 0 Å². The molecule has 1 atom stereocenters. The molecule has 1 saturated heterocycles. The maximum absolute atomic E-state index is 13.2. The first kappa shape index (κ1) is 18.6. The van der Waals surface area contributed by atoms with Crippen molar-refractivity contribution in [2.24, 2.45) is 0 Å². The van der Waals surface area contributed by atoms with Crippen LogP contribution >= 0.6 is 0 Å². The fraction of sp³-hybridized carbons (Fsp3) is 0.524. The Balaban J connectivity index is 1.84. The Kier molecular flexibility index (Phi) is 5.77. The van der Waals surface area contributed by atoms with Crippen LogP contribution in [0.3, 0.4) is 0 Å². The lowest BCUT2D eigenvalue weighted by Gasteiger charge is -2.36. The van der Waals surface area contributed by atoms with E-state index in [2.05, 4.69) is 48.4 Å². The van der Waals surface area contributed by atoms with Gasteiger partial charge in [0.1, 0.15) is 5.69 Å². The van der Waals surface area contributed by atoms with E-state index in [-0.39, 0.29) is 11.9 Å². The van der Waals surface area contributed by atoms with Crippen molar-refractivity contribution in [2.45, 2.75) is 52.2 Å². The first-order valence-electron chi connectivity index (χ1n) is 9.58. The van der Waals surface area contributed by atoms with Crippen LogP contribution in [0.5, 0.6) is 0 Å². The van der Waals surface area contributed by atoms with Crippen LogP contribution < -0.4 is 0 Å². The summed E-state index contributed by atoms with van der Waals surface area (Å²) in [6.07, 6.45) is 3.26. The first-order valence-corrected chi connectivity index (χ1v) is 9.58. The second-order valence-electron chi connectivity index (χ2n) is 7.48. The Bertz CT molecular complexity index is 748. The van der Waals surface area contributed by atoms with Gasteiger partial charge in [0.2, 0.25) is 0 Å². The number of likely N-dealkylation sites (tertiary alicyclic amines) is 1. The zero-order chi connectivity index (χ0) is 18.7. The van der Waals surface area contributed by atoms with Gasteiger partial charge in [-0.3, -0.25) is 9.48 Å². The normalized spacial score (nSPS) is 17.7. The molecule has 3 rings (SSSR count). The van der Waals surface area contributed by atoms with Crippen LogP contribution in [0.15, 0.2) is 30.3 Å². The Labute approximate surface area is 156 Å². The van der Waals surface area contributed by atoms with Gasteiger partial charge < -0.3 is 9.80 Å². The van der Waals surface area contributed by atoms with Crippen molar-refractivity contribution in [2.75, 3.05) is 20.6 Å². The van der Waals surface area contributed by atoms with Gasteiger partial charge in [0.15, 0.2) is 0 Å². The lowest BCUT2D eigenvalue weighted by atomic mass is 9.94. The topological polar surface area (TPSA) is 41.4 Å². The summed E-state index contributed by atoms with van der Waals surface area (Å²) in [4.78, 5) is 17.5.